The Hall–Kier alpha value is -2.11. The van der Waals surface area contributed by atoms with E-state index in [4.69, 9.17) is 9.47 Å². The summed E-state index contributed by atoms with van der Waals surface area (Å²) in [7, 11) is 3.41. The summed E-state index contributed by atoms with van der Waals surface area (Å²) in [5.41, 5.74) is 5.35. The predicted octanol–water partition coefficient (Wildman–Crippen LogP) is 5.00. The SMILES string of the molecule is COc1cc2c(cc1OC)C(CCc1c[nH]c3ccccc13)N(SC)CC2. The van der Waals surface area contributed by atoms with Crippen LogP contribution in [0.1, 0.15) is 29.2 Å². The van der Waals surface area contributed by atoms with Crippen molar-refractivity contribution in [3.63, 3.8) is 0 Å². The molecule has 0 saturated carbocycles. The van der Waals surface area contributed by atoms with Gasteiger partial charge >= 0.3 is 0 Å². The van der Waals surface area contributed by atoms with Crippen molar-refractivity contribution in [2.45, 2.75) is 25.3 Å². The lowest BCUT2D eigenvalue weighted by Gasteiger charge is -2.36. The Morgan fingerprint density at radius 2 is 1.93 bits per heavy atom. The van der Waals surface area contributed by atoms with Crippen LogP contribution in [0.4, 0.5) is 0 Å². The van der Waals surface area contributed by atoms with Gasteiger partial charge in [0, 0.05) is 29.7 Å². The van der Waals surface area contributed by atoms with Gasteiger partial charge in [-0.1, -0.05) is 30.1 Å². The normalized spacial score (nSPS) is 17.1. The summed E-state index contributed by atoms with van der Waals surface area (Å²) in [6.07, 6.45) is 7.49. The first-order valence-corrected chi connectivity index (χ1v) is 10.5. The van der Waals surface area contributed by atoms with E-state index in [9.17, 15) is 0 Å². The van der Waals surface area contributed by atoms with E-state index < -0.39 is 0 Å². The van der Waals surface area contributed by atoms with E-state index in [0.29, 0.717) is 6.04 Å². The van der Waals surface area contributed by atoms with Crippen LogP contribution in [-0.2, 0) is 12.8 Å². The highest BCUT2D eigenvalue weighted by molar-refractivity contribution is 7.96. The second-order valence-electron chi connectivity index (χ2n) is 6.89. The molecule has 1 unspecified atom stereocenters. The summed E-state index contributed by atoms with van der Waals surface area (Å²) >= 11 is 1.84. The molecule has 1 atom stereocenters. The Morgan fingerprint density at radius 3 is 2.70 bits per heavy atom. The van der Waals surface area contributed by atoms with Crippen molar-refractivity contribution in [1.29, 1.82) is 0 Å². The highest BCUT2D eigenvalue weighted by Gasteiger charge is 2.28. The first-order valence-electron chi connectivity index (χ1n) is 9.35. The van der Waals surface area contributed by atoms with Crippen LogP contribution in [0.15, 0.2) is 42.6 Å². The fourth-order valence-electron chi connectivity index (χ4n) is 4.15. The molecule has 1 N–H and O–H groups in total. The van der Waals surface area contributed by atoms with Crippen molar-refractivity contribution in [3.05, 3.63) is 59.3 Å². The third-order valence-corrected chi connectivity index (χ3v) is 6.46. The molecule has 2 aromatic carbocycles. The number of fused-ring (bicyclic) bond motifs is 2. The average Bonchev–Trinajstić information content (AvgIpc) is 3.13. The van der Waals surface area contributed by atoms with Crippen molar-refractivity contribution in [1.82, 2.24) is 9.29 Å². The molecule has 0 bridgehead atoms. The zero-order chi connectivity index (χ0) is 18.8. The smallest absolute Gasteiger partial charge is 0.161 e. The van der Waals surface area contributed by atoms with E-state index in [2.05, 4.69) is 58.1 Å². The molecule has 1 aliphatic heterocycles. The van der Waals surface area contributed by atoms with Crippen LogP contribution in [0.3, 0.4) is 0 Å². The van der Waals surface area contributed by atoms with Gasteiger partial charge in [-0.2, -0.15) is 0 Å². The molecule has 0 saturated heterocycles. The maximum atomic E-state index is 5.57. The molecule has 0 aliphatic carbocycles. The Balaban J connectivity index is 1.64. The second-order valence-corrected chi connectivity index (χ2v) is 7.73. The lowest BCUT2D eigenvalue weighted by molar-refractivity contribution is 0.316. The Labute approximate surface area is 165 Å². The fourth-order valence-corrected chi connectivity index (χ4v) is 4.90. The van der Waals surface area contributed by atoms with Crippen LogP contribution < -0.4 is 9.47 Å². The summed E-state index contributed by atoms with van der Waals surface area (Å²) < 4.78 is 13.6. The van der Waals surface area contributed by atoms with Gasteiger partial charge in [0.1, 0.15) is 0 Å². The number of nitrogens with zero attached hydrogens (tertiary/aromatic N) is 1. The number of hydrogen-bond acceptors (Lipinski definition) is 4. The molecular formula is C22H26N2O2S. The second kappa shape index (κ2) is 7.87. The van der Waals surface area contributed by atoms with Gasteiger partial charge < -0.3 is 14.5 Å². The minimum atomic E-state index is 0.372. The number of hydrogen-bond donors (Lipinski definition) is 1. The number of ether oxygens (including phenoxy) is 2. The molecular weight excluding hydrogens is 356 g/mol. The molecule has 4 rings (SSSR count). The molecule has 0 spiro atoms. The van der Waals surface area contributed by atoms with E-state index >= 15 is 0 Å². The van der Waals surface area contributed by atoms with Gasteiger partial charge in [-0.25, -0.2) is 4.31 Å². The van der Waals surface area contributed by atoms with Crippen molar-refractivity contribution >= 4 is 22.9 Å². The van der Waals surface area contributed by atoms with E-state index in [1.165, 1.54) is 27.6 Å². The minimum Gasteiger partial charge on any atom is -0.493 e. The van der Waals surface area contributed by atoms with E-state index in [1.807, 2.05) is 11.9 Å². The van der Waals surface area contributed by atoms with Crippen LogP contribution in [-0.4, -0.2) is 36.3 Å². The van der Waals surface area contributed by atoms with Crippen molar-refractivity contribution < 1.29 is 9.47 Å². The van der Waals surface area contributed by atoms with Crippen LogP contribution in [0.25, 0.3) is 10.9 Å². The molecule has 1 aliphatic rings. The number of rotatable bonds is 6. The van der Waals surface area contributed by atoms with Crippen LogP contribution in [0.5, 0.6) is 11.5 Å². The number of aromatic amines is 1. The van der Waals surface area contributed by atoms with Gasteiger partial charge in [-0.3, -0.25) is 0 Å². The highest BCUT2D eigenvalue weighted by atomic mass is 32.2. The molecule has 0 radical (unpaired) electrons. The summed E-state index contributed by atoms with van der Waals surface area (Å²) in [6.45, 7) is 1.06. The third-order valence-electron chi connectivity index (χ3n) is 5.55. The van der Waals surface area contributed by atoms with Crippen LogP contribution in [0, 0.1) is 0 Å². The number of benzene rings is 2. The molecule has 5 heteroatoms. The molecule has 4 nitrogen and oxygen atoms in total. The monoisotopic (exact) mass is 382 g/mol. The van der Waals surface area contributed by atoms with Gasteiger partial charge in [0.25, 0.3) is 0 Å². The summed E-state index contributed by atoms with van der Waals surface area (Å²) in [5, 5.41) is 1.33. The topological polar surface area (TPSA) is 37.5 Å². The summed E-state index contributed by atoms with van der Waals surface area (Å²) in [4.78, 5) is 3.40. The molecule has 0 fully saturated rings. The van der Waals surface area contributed by atoms with E-state index in [-0.39, 0.29) is 0 Å². The Bertz CT molecular complexity index is 937. The first-order chi connectivity index (χ1) is 13.2. The summed E-state index contributed by atoms with van der Waals surface area (Å²) in [6, 6.07) is 13.2. The molecule has 142 valence electrons. The van der Waals surface area contributed by atoms with Crippen molar-refractivity contribution in [2.75, 3.05) is 27.0 Å². The van der Waals surface area contributed by atoms with Crippen LogP contribution in [0.2, 0.25) is 0 Å². The van der Waals surface area contributed by atoms with Gasteiger partial charge in [0.05, 0.1) is 14.2 Å². The highest BCUT2D eigenvalue weighted by Crippen LogP contribution is 2.42. The molecule has 3 aromatic rings. The van der Waals surface area contributed by atoms with Crippen LogP contribution >= 0.6 is 11.9 Å². The molecule has 0 amide bonds. The number of methoxy groups -OCH3 is 2. The summed E-state index contributed by atoms with van der Waals surface area (Å²) in [5.74, 6) is 1.64. The Kier molecular flexibility index (Phi) is 5.32. The third kappa shape index (κ3) is 3.42. The zero-order valence-electron chi connectivity index (χ0n) is 16.1. The molecule has 2 heterocycles. The van der Waals surface area contributed by atoms with Crippen molar-refractivity contribution in [3.8, 4) is 11.5 Å². The number of nitrogens with one attached hydrogen (secondary N) is 1. The standard InChI is InChI=1S/C22H26N2O2S/c1-25-21-12-15-10-11-24(27-3)20(18(15)13-22(21)26-2)9-8-16-14-23-19-7-5-4-6-17(16)19/h4-7,12-14,20,23H,8-11H2,1-3H3. The first kappa shape index (κ1) is 18.3. The lowest BCUT2D eigenvalue weighted by Crippen LogP contribution is -2.30. The Morgan fingerprint density at radius 1 is 1.15 bits per heavy atom. The lowest BCUT2D eigenvalue weighted by atomic mass is 9.90. The van der Waals surface area contributed by atoms with Crippen molar-refractivity contribution in [2.24, 2.45) is 0 Å². The predicted molar refractivity (Wildman–Crippen MR) is 113 cm³/mol. The maximum absolute atomic E-state index is 5.57. The number of para-hydroxylation sites is 1. The minimum absolute atomic E-state index is 0.372. The molecule has 1 aromatic heterocycles. The largest absolute Gasteiger partial charge is 0.493 e. The zero-order valence-corrected chi connectivity index (χ0v) is 16.9. The number of aryl methyl sites for hydroxylation is 1. The van der Waals surface area contributed by atoms with Gasteiger partial charge in [-0.15, -0.1) is 0 Å². The molecule has 27 heavy (non-hydrogen) atoms. The van der Waals surface area contributed by atoms with E-state index in [1.54, 1.807) is 14.2 Å². The average molecular weight is 383 g/mol. The van der Waals surface area contributed by atoms with Gasteiger partial charge in [0.15, 0.2) is 11.5 Å². The van der Waals surface area contributed by atoms with Gasteiger partial charge in [-0.05, 0) is 60.4 Å². The number of aromatic nitrogens is 1. The quantitative estimate of drug-likeness (QED) is 0.609. The number of H-pyrrole nitrogens is 1. The van der Waals surface area contributed by atoms with E-state index in [0.717, 1.165) is 37.3 Å². The fraction of sp³-hybridized carbons (Fsp3) is 0.364. The maximum Gasteiger partial charge on any atom is 0.161 e. The van der Waals surface area contributed by atoms with Gasteiger partial charge in [0.2, 0.25) is 0 Å².